The molecule has 0 aliphatic heterocycles. The molecule has 0 saturated heterocycles. The molecule has 1 aromatic carbocycles. The summed E-state index contributed by atoms with van der Waals surface area (Å²) in [6, 6.07) is 6.35. The zero-order chi connectivity index (χ0) is 18.5. The molecule has 0 aliphatic carbocycles. The quantitative estimate of drug-likeness (QED) is 0.424. The summed E-state index contributed by atoms with van der Waals surface area (Å²) >= 11 is 0. The Bertz CT molecular complexity index is 484. The summed E-state index contributed by atoms with van der Waals surface area (Å²) in [4.78, 5) is 10.7. The van der Waals surface area contributed by atoms with E-state index in [2.05, 4.69) is 0 Å². The van der Waals surface area contributed by atoms with Crippen LogP contribution in [0.25, 0.3) is 0 Å². The lowest BCUT2D eigenvalue weighted by Crippen LogP contribution is -2.06. The van der Waals surface area contributed by atoms with Crippen LogP contribution in [0.1, 0.15) is 74.6 Å². The number of hydrogen-bond acceptors (Lipinski definition) is 2. The lowest BCUT2D eigenvalue weighted by molar-refractivity contribution is -0.135. The third kappa shape index (κ3) is 11.5. The van der Waals surface area contributed by atoms with E-state index in [0.29, 0.717) is 18.8 Å². The molecule has 1 rings (SSSR count). The van der Waals surface area contributed by atoms with Crippen LogP contribution in [-0.2, 0) is 0 Å². The number of benzene rings is 1. The molecule has 0 aromatic heterocycles. The first kappa shape index (κ1) is 21.3. The second-order valence-corrected chi connectivity index (χ2v) is 6.23. The van der Waals surface area contributed by atoms with E-state index < -0.39 is 18.6 Å². The van der Waals surface area contributed by atoms with E-state index in [1.54, 1.807) is 12.1 Å². The Morgan fingerprint density at radius 3 is 1.80 bits per heavy atom. The Balaban J connectivity index is 1.90. The highest BCUT2D eigenvalue weighted by Crippen LogP contribution is 2.23. The van der Waals surface area contributed by atoms with Crippen LogP contribution in [0.2, 0.25) is 0 Å². The molecule has 0 atom stereocenters. The maximum absolute atomic E-state index is 12.0. The summed E-state index contributed by atoms with van der Waals surface area (Å²) < 4.78 is 41.4. The highest BCUT2D eigenvalue weighted by molar-refractivity contribution is 5.87. The molecule has 6 heteroatoms. The molecule has 0 amide bonds. The van der Waals surface area contributed by atoms with E-state index in [9.17, 15) is 18.0 Å². The number of carboxylic acids is 1. The van der Waals surface area contributed by atoms with E-state index in [0.717, 1.165) is 44.9 Å². The van der Waals surface area contributed by atoms with Crippen molar-refractivity contribution in [3.8, 4) is 5.75 Å². The molecule has 0 saturated carbocycles. The van der Waals surface area contributed by atoms with Crippen molar-refractivity contribution in [2.75, 3.05) is 6.61 Å². The van der Waals surface area contributed by atoms with Crippen LogP contribution in [-0.4, -0.2) is 23.9 Å². The first-order valence-corrected chi connectivity index (χ1v) is 8.91. The summed E-state index contributed by atoms with van der Waals surface area (Å²) in [7, 11) is 0. The molecule has 1 N–H and O–H groups in total. The summed E-state index contributed by atoms with van der Waals surface area (Å²) in [5.74, 6) is -0.282. The van der Waals surface area contributed by atoms with E-state index in [1.165, 1.54) is 12.1 Å². The van der Waals surface area contributed by atoms with Crippen LogP contribution in [0.15, 0.2) is 24.3 Å². The van der Waals surface area contributed by atoms with Crippen molar-refractivity contribution in [2.45, 2.75) is 70.4 Å². The Morgan fingerprint density at radius 1 is 0.840 bits per heavy atom. The molecular weight excluding hydrogens is 333 g/mol. The van der Waals surface area contributed by atoms with Gasteiger partial charge in [-0.2, -0.15) is 13.2 Å². The van der Waals surface area contributed by atoms with Crippen LogP contribution in [0.3, 0.4) is 0 Å². The molecule has 0 unspecified atom stereocenters. The van der Waals surface area contributed by atoms with Gasteiger partial charge in [-0.3, -0.25) is 0 Å². The summed E-state index contributed by atoms with van der Waals surface area (Å²) in [6.07, 6.45) is 3.39. The third-order valence-corrected chi connectivity index (χ3v) is 3.97. The lowest BCUT2D eigenvalue weighted by Gasteiger charge is -2.07. The number of aromatic carboxylic acids is 1. The van der Waals surface area contributed by atoms with E-state index >= 15 is 0 Å². The molecule has 0 heterocycles. The molecule has 0 spiro atoms. The summed E-state index contributed by atoms with van der Waals surface area (Å²) in [5.41, 5.74) is 0.241. The highest BCUT2D eigenvalue weighted by Gasteiger charge is 2.25. The number of halogens is 3. The van der Waals surface area contributed by atoms with Gasteiger partial charge in [0.25, 0.3) is 0 Å². The van der Waals surface area contributed by atoms with Crippen molar-refractivity contribution < 1.29 is 27.8 Å². The molecule has 3 nitrogen and oxygen atoms in total. The highest BCUT2D eigenvalue weighted by atomic mass is 19.4. The Labute approximate surface area is 147 Å². The second kappa shape index (κ2) is 11.8. The fourth-order valence-electron chi connectivity index (χ4n) is 2.55. The average Bonchev–Trinajstić information content (AvgIpc) is 2.55. The van der Waals surface area contributed by atoms with Gasteiger partial charge in [0, 0.05) is 6.42 Å². The predicted octanol–water partition coefficient (Wildman–Crippen LogP) is 6.23. The largest absolute Gasteiger partial charge is 0.494 e. The fourth-order valence-corrected chi connectivity index (χ4v) is 2.55. The first-order chi connectivity index (χ1) is 11.9. The lowest BCUT2D eigenvalue weighted by atomic mass is 10.1. The van der Waals surface area contributed by atoms with Gasteiger partial charge in [-0.05, 0) is 37.1 Å². The standard InChI is InChI=1S/C19H27F3O3/c20-19(21,22)14-8-6-4-2-1-3-5-7-9-15-25-17-12-10-16(11-13-17)18(23)24/h10-13H,1-9,14-15H2,(H,23,24). The van der Waals surface area contributed by atoms with Gasteiger partial charge in [0.2, 0.25) is 0 Å². The summed E-state index contributed by atoms with van der Waals surface area (Å²) in [5, 5.41) is 8.80. The number of alkyl halides is 3. The SMILES string of the molecule is O=C(O)c1ccc(OCCCCCCCCCCCC(F)(F)F)cc1. The van der Waals surface area contributed by atoms with E-state index in [1.807, 2.05) is 0 Å². The molecule has 0 radical (unpaired) electrons. The Kier molecular flexibility index (Phi) is 10.0. The molecule has 0 fully saturated rings. The maximum Gasteiger partial charge on any atom is 0.389 e. The van der Waals surface area contributed by atoms with Gasteiger partial charge in [0.05, 0.1) is 12.2 Å². The van der Waals surface area contributed by atoms with Gasteiger partial charge < -0.3 is 9.84 Å². The normalized spacial score (nSPS) is 11.5. The number of carboxylic acid groups (broad SMARTS) is 1. The number of rotatable bonds is 13. The Morgan fingerprint density at radius 2 is 1.32 bits per heavy atom. The minimum Gasteiger partial charge on any atom is -0.494 e. The number of unbranched alkanes of at least 4 members (excludes halogenated alkanes) is 8. The molecule has 0 aliphatic rings. The van der Waals surface area contributed by atoms with E-state index in [-0.39, 0.29) is 12.0 Å². The van der Waals surface area contributed by atoms with Gasteiger partial charge in [-0.15, -0.1) is 0 Å². The van der Waals surface area contributed by atoms with Gasteiger partial charge in [0.1, 0.15) is 5.75 Å². The molecule has 1 aromatic rings. The minimum atomic E-state index is -4.01. The van der Waals surface area contributed by atoms with Crippen LogP contribution in [0.4, 0.5) is 13.2 Å². The maximum atomic E-state index is 12.0. The number of carbonyl (C=O) groups is 1. The first-order valence-electron chi connectivity index (χ1n) is 8.91. The van der Waals surface area contributed by atoms with Crippen LogP contribution in [0.5, 0.6) is 5.75 Å². The smallest absolute Gasteiger partial charge is 0.389 e. The number of ether oxygens (including phenoxy) is 1. The van der Waals surface area contributed by atoms with Crippen LogP contribution < -0.4 is 4.74 Å². The average molecular weight is 360 g/mol. The third-order valence-electron chi connectivity index (χ3n) is 3.97. The van der Waals surface area contributed by atoms with Gasteiger partial charge in [-0.25, -0.2) is 4.79 Å². The van der Waals surface area contributed by atoms with Gasteiger partial charge >= 0.3 is 12.1 Å². The van der Waals surface area contributed by atoms with Gasteiger partial charge in [-0.1, -0.05) is 44.9 Å². The monoisotopic (exact) mass is 360 g/mol. The molecule has 0 bridgehead atoms. The molecular formula is C19H27F3O3. The van der Waals surface area contributed by atoms with E-state index in [4.69, 9.17) is 9.84 Å². The van der Waals surface area contributed by atoms with Crippen molar-refractivity contribution in [1.82, 2.24) is 0 Å². The molecule has 142 valence electrons. The Hall–Kier alpha value is -1.72. The second-order valence-electron chi connectivity index (χ2n) is 6.23. The van der Waals surface area contributed by atoms with Crippen LogP contribution in [0, 0.1) is 0 Å². The summed E-state index contributed by atoms with van der Waals surface area (Å²) in [6.45, 7) is 0.601. The van der Waals surface area contributed by atoms with Crippen molar-refractivity contribution in [3.63, 3.8) is 0 Å². The minimum absolute atomic E-state index is 0.241. The predicted molar refractivity (Wildman–Crippen MR) is 91.1 cm³/mol. The van der Waals surface area contributed by atoms with Crippen molar-refractivity contribution >= 4 is 5.97 Å². The van der Waals surface area contributed by atoms with Gasteiger partial charge in [0.15, 0.2) is 0 Å². The zero-order valence-electron chi connectivity index (χ0n) is 14.5. The number of hydrogen-bond donors (Lipinski definition) is 1. The fraction of sp³-hybridized carbons (Fsp3) is 0.632. The van der Waals surface area contributed by atoms with Crippen molar-refractivity contribution in [3.05, 3.63) is 29.8 Å². The van der Waals surface area contributed by atoms with Crippen molar-refractivity contribution in [1.29, 1.82) is 0 Å². The van der Waals surface area contributed by atoms with Crippen molar-refractivity contribution in [2.24, 2.45) is 0 Å². The zero-order valence-corrected chi connectivity index (χ0v) is 14.5. The topological polar surface area (TPSA) is 46.5 Å². The van der Waals surface area contributed by atoms with Crippen LogP contribution >= 0.6 is 0 Å². The molecule has 25 heavy (non-hydrogen) atoms.